The summed E-state index contributed by atoms with van der Waals surface area (Å²) in [6, 6.07) is 13.8. The molecule has 2 aromatic carbocycles. The number of aromatic nitrogens is 1. The third kappa shape index (κ3) is 3.83. The van der Waals surface area contributed by atoms with Crippen molar-refractivity contribution in [1.29, 1.82) is 0 Å². The molecule has 3 rings (SSSR count). The molecule has 5 heteroatoms. The number of fused-ring (bicyclic) bond motifs is 1. The van der Waals surface area contributed by atoms with Gasteiger partial charge in [0.05, 0.1) is 5.52 Å². The Morgan fingerprint density at radius 1 is 1.24 bits per heavy atom. The third-order valence-electron chi connectivity index (χ3n) is 3.70. The minimum atomic E-state index is -0.479. The zero-order valence-corrected chi connectivity index (χ0v) is 13.5. The van der Waals surface area contributed by atoms with Crippen LogP contribution in [-0.4, -0.2) is 17.5 Å². The molecule has 1 N–H and O–H groups in total. The summed E-state index contributed by atoms with van der Waals surface area (Å²) in [7, 11) is 0. The lowest BCUT2D eigenvalue weighted by molar-refractivity contribution is 0.0950. The van der Waals surface area contributed by atoms with E-state index < -0.39 is 5.82 Å². The lowest BCUT2D eigenvalue weighted by Gasteiger charge is -2.10. The molecule has 0 aliphatic carbocycles. The van der Waals surface area contributed by atoms with Crippen molar-refractivity contribution in [3.8, 4) is 5.75 Å². The first-order chi connectivity index (χ1) is 12.2. The van der Waals surface area contributed by atoms with Crippen LogP contribution in [0, 0.1) is 5.82 Å². The Hall–Kier alpha value is -3.21. The predicted octanol–water partition coefficient (Wildman–Crippen LogP) is 3.87. The van der Waals surface area contributed by atoms with E-state index in [2.05, 4.69) is 16.9 Å². The zero-order valence-electron chi connectivity index (χ0n) is 13.5. The first-order valence-electron chi connectivity index (χ1n) is 7.83. The molecule has 1 aromatic heterocycles. The molecule has 0 radical (unpaired) electrons. The maximum atomic E-state index is 14.3. The van der Waals surface area contributed by atoms with Gasteiger partial charge in [0, 0.05) is 29.3 Å². The van der Waals surface area contributed by atoms with Crippen LogP contribution in [0.3, 0.4) is 0 Å². The maximum absolute atomic E-state index is 14.3. The van der Waals surface area contributed by atoms with E-state index in [-0.39, 0.29) is 24.8 Å². The van der Waals surface area contributed by atoms with Gasteiger partial charge >= 0.3 is 0 Å². The summed E-state index contributed by atoms with van der Waals surface area (Å²) in [5, 5.41) is 3.61. The Balaban J connectivity index is 1.72. The Labute approximate surface area is 145 Å². The molecular formula is C20H17FN2O2. The zero-order chi connectivity index (χ0) is 17.6. The quantitative estimate of drug-likeness (QED) is 0.695. The number of halogens is 1. The Kier molecular flexibility index (Phi) is 5.04. The van der Waals surface area contributed by atoms with Crippen molar-refractivity contribution in [3.63, 3.8) is 0 Å². The van der Waals surface area contributed by atoms with Crippen LogP contribution in [0.2, 0.25) is 0 Å². The SMILES string of the molecule is C=CCOc1cccc(CNC(=O)c2ccc3ncccc3c2)c1F. The number of nitrogens with zero attached hydrogens (tertiary/aromatic N) is 1. The molecule has 0 spiro atoms. The largest absolute Gasteiger partial charge is 0.486 e. The van der Waals surface area contributed by atoms with Crippen LogP contribution >= 0.6 is 0 Å². The van der Waals surface area contributed by atoms with Gasteiger partial charge in [0.15, 0.2) is 11.6 Å². The number of rotatable bonds is 6. The van der Waals surface area contributed by atoms with Crippen LogP contribution in [0.5, 0.6) is 5.75 Å². The molecule has 0 bridgehead atoms. The second kappa shape index (κ2) is 7.57. The second-order valence-corrected chi connectivity index (χ2v) is 5.42. The van der Waals surface area contributed by atoms with Gasteiger partial charge in [-0.05, 0) is 30.3 Å². The van der Waals surface area contributed by atoms with Crippen LogP contribution in [0.4, 0.5) is 4.39 Å². The van der Waals surface area contributed by atoms with Crippen molar-refractivity contribution in [1.82, 2.24) is 10.3 Å². The summed E-state index contributed by atoms with van der Waals surface area (Å²) in [4.78, 5) is 16.6. The fourth-order valence-corrected chi connectivity index (χ4v) is 2.45. The average Bonchev–Trinajstić information content (AvgIpc) is 2.65. The van der Waals surface area contributed by atoms with Gasteiger partial charge in [0.1, 0.15) is 6.61 Å². The Morgan fingerprint density at radius 2 is 2.12 bits per heavy atom. The highest BCUT2D eigenvalue weighted by Gasteiger charge is 2.11. The highest BCUT2D eigenvalue weighted by atomic mass is 19.1. The molecule has 3 aromatic rings. The normalized spacial score (nSPS) is 10.4. The summed E-state index contributed by atoms with van der Waals surface area (Å²) >= 11 is 0. The summed E-state index contributed by atoms with van der Waals surface area (Å²) in [5.74, 6) is -0.613. The highest BCUT2D eigenvalue weighted by Crippen LogP contribution is 2.20. The number of hydrogen-bond donors (Lipinski definition) is 1. The number of hydrogen-bond acceptors (Lipinski definition) is 3. The first kappa shape index (κ1) is 16.6. The van der Waals surface area contributed by atoms with E-state index in [0.717, 1.165) is 10.9 Å². The maximum Gasteiger partial charge on any atom is 0.251 e. The van der Waals surface area contributed by atoms with Crippen LogP contribution in [0.15, 0.2) is 67.4 Å². The summed E-state index contributed by atoms with van der Waals surface area (Å²) in [6.45, 7) is 3.82. The Morgan fingerprint density at radius 3 is 2.96 bits per heavy atom. The molecule has 0 unspecified atom stereocenters. The average molecular weight is 336 g/mol. The lowest BCUT2D eigenvalue weighted by Crippen LogP contribution is -2.23. The number of pyridine rings is 1. The molecule has 1 heterocycles. The second-order valence-electron chi connectivity index (χ2n) is 5.42. The number of carbonyl (C=O) groups is 1. The van der Waals surface area contributed by atoms with Crippen molar-refractivity contribution in [2.75, 3.05) is 6.61 Å². The molecule has 0 atom stereocenters. The molecule has 0 saturated carbocycles. The van der Waals surface area contributed by atoms with E-state index in [0.29, 0.717) is 11.1 Å². The number of carbonyl (C=O) groups excluding carboxylic acids is 1. The van der Waals surface area contributed by atoms with E-state index in [4.69, 9.17) is 4.74 Å². The Bertz CT molecular complexity index is 924. The van der Waals surface area contributed by atoms with E-state index in [9.17, 15) is 9.18 Å². The molecule has 1 amide bonds. The lowest BCUT2D eigenvalue weighted by atomic mass is 10.1. The number of nitrogens with one attached hydrogen (secondary N) is 1. The molecule has 126 valence electrons. The van der Waals surface area contributed by atoms with Gasteiger partial charge in [-0.2, -0.15) is 0 Å². The van der Waals surface area contributed by atoms with Crippen LogP contribution < -0.4 is 10.1 Å². The highest BCUT2D eigenvalue weighted by molar-refractivity contribution is 5.97. The van der Waals surface area contributed by atoms with Gasteiger partial charge in [-0.3, -0.25) is 9.78 Å². The van der Waals surface area contributed by atoms with Crippen molar-refractivity contribution in [2.45, 2.75) is 6.54 Å². The van der Waals surface area contributed by atoms with E-state index >= 15 is 0 Å². The fraction of sp³-hybridized carbons (Fsp3) is 0.100. The van der Waals surface area contributed by atoms with Gasteiger partial charge in [-0.1, -0.05) is 30.9 Å². The minimum absolute atomic E-state index is 0.0705. The fourth-order valence-electron chi connectivity index (χ4n) is 2.45. The molecule has 0 aliphatic rings. The van der Waals surface area contributed by atoms with Crippen LogP contribution in [-0.2, 0) is 6.54 Å². The van der Waals surface area contributed by atoms with Gasteiger partial charge in [0.25, 0.3) is 5.91 Å². The topological polar surface area (TPSA) is 51.2 Å². The van der Waals surface area contributed by atoms with Crippen molar-refractivity contribution in [2.24, 2.45) is 0 Å². The van der Waals surface area contributed by atoms with Crippen molar-refractivity contribution < 1.29 is 13.9 Å². The van der Waals surface area contributed by atoms with Gasteiger partial charge in [-0.25, -0.2) is 4.39 Å². The number of amides is 1. The first-order valence-corrected chi connectivity index (χ1v) is 7.83. The molecular weight excluding hydrogens is 319 g/mol. The molecule has 0 aliphatic heterocycles. The molecule has 0 saturated heterocycles. The smallest absolute Gasteiger partial charge is 0.251 e. The summed E-state index contributed by atoms with van der Waals surface area (Å²) in [5.41, 5.74) is 1.68. The molecule has 0 fully saturated rings. The molecule has 4 nitrogen and oxygen atoms in total. The van der Waals surface area contributed by atoms with Crippen molar-refractivity contribution in [3.05, 3.63) is 84.3 Å². The summed E-state index contributed by atoms with van der Waals surface area (Å²) < 4.78 is 19.6. The monoisotopic (exact) mass is 336 g/mol. The minimum Gasteiger partial charge on any atom is -0.486 e. The number of ether oxygens (including phenoxy) is 1. The predicted molar refractivity (Wildman–Crippen MR) is 95.0 cm³/mol. The molecule has 25 heavy (non-hydrogen) atoms. The van der Waals surface area contributed by atoms with Gasteiger partial charge in [-0.15, -0.1) is 0 Å². The van der Waals surface area contributed by atoms with Crippen LogP contribution in [0.25, 0.3) is 10.9 Å². The van der Waals surface area contributed by atoms with E-state index in [1.807, 2.05) is 12.1 Å². The number of benzene rings is 2. The standard InChI is InChI=1S/C20H17FN2O2/c1-2-11-25-18-7-3-5-16(19(18)21)13-23-20(24)15-8-9-17-14(12-15)6-4-10-22-17/h2-10,12H,1,11,13H2,(H,23,24). The van der Waals surface area contributed by atoms with Crippen LogP contribution in [0.1, 0.15) is 15.9 Å². The third-order valence-corrected chi connectivity index (χ3v) is 3.70. The van der Waals surface area contributed by atoms with Gasteiger partial charge in [0.2, 0.25) is 0 Å². The van der Waals surface area contributed by atoms with Gasteiger partial charge < -0.3 is 10.1 Å². The van der Waals surface area contributed by atoms with E-state index in [1.165, 1.54) is 0 Å². The van der Waals surface area contributed by atoms with E-state index in [1.54, 1.807) is 48.7 Å². The van der Waals surface area contributed by atoms with Crippen molar-refractivity contribution >= 4 is 16.8 Å². The summed E-state index contributed by atoms with van der Waals surface area (Å²) in [6.07, 6.45) is 3.24.